The summed E-state index contributed by atoms with van der Waals surface area (Å²) >= 11 is 0. The quantitative estimate of drug-likeness (QED) is 0.627. The van der Waals surface area contributed by atoms with Gasteiger partial charge in [0.2, 0.25) is 0 Å². The molecule has 1 heterocycles. The van der Waals surface area contributed by atoms with E-state index in [9.17, 15) is 0 Å². The third-order valence-corrected chi connectivity index (χ3v) is 2.58. The fraction of sp³-hybridized carbons (Fsp3) is 1.00. The summed E-state index contributed by atoms with van der Waals surface area (Å²) in [6.07, 6.45) is 0.288. The monoisotopic (exact) mass is 186 g/mol. The zero-order valence-corrected chi connectivity index (χ0v) is 9.68. The Morgan fingerprint density at radius 3 is 2.08 bits per heavy atom. The molecule has 1 unspecified atom stereocenters. The van der Waals surface area contributed by atoms with Gasteiger partial charge in [0.05, 0.1) is 12.7 Å². The molecule has 78 valence electrons. The van der Waals surface area contributed by atoms with Gasteiger partial charge in [-0.2, -0.15) is 0 Å². The molecular formula is C11H22O2. The van der Waals surface area contributed by atoms with Crippen LogP contribution in [-0.2, 0) is 9.47 Å². The van der Waals surface area contributed by atoms with E-state index in [1.54, 1.807) is 0 Å². The van der Waals surface area contributed by atoms with E-state index in [4.69, 9.17) is 9.47 Å². The Morgan fingerprint density at radius 2 is 1.69 bits per heavy atom. The first-order valence-corrected chi connectivity index (χ1v) is 5.06. The molecule has 1 fully saturated rings. The van der Waals surface area contributed by atoms with E-state index in [0.29, 0.717) is 5.92 Å². The largest absolute Gasteiger partial charge is 0.350 e. The van der Waals surface area contributed by atoms with Gasteiger partial charge >= 0.3 is 0 Å². The van der Waals surface area contributed by atoms with Crippen LogP contribution in [0.25, 0.3) is 0 Å². The summed E-state index contributed by atoms with van der Waals surface area (Å²) in [5.41, 5.74) is 0.129. The van der Waals surface area contributed by atoms with E-state index < -0.39 is 5.79 Å². The Bertz CT molecular complexity index is 183. The molecule has 2 heteroatoms. The smallest absolute Gasteiger partial charge is 0.163 e. The van der Waals surface area contributed by atoms with Gasteiger partial charge in [0.1, 0.15) is 0 Å². The van der Waals surface area contributed by atoms with E-state index in [-0.39, 0.29) is 11.5 Å². The minimum Gasteiger partial charge on any atom is -0.350 e. The van der Waals surface area contributed by atoms with Crippen LogP contribution in [-0.4, -0.2) is 18.5 Å². The number of hydrogen-bond donors (Lipinski definition) is 0. The Labute approximate surface area is 81.6 Å². The number of hydrogen-bond acceptors (Lipinski definition) is 2. The highest BCUT2D eigenvalue weighted by Crippen LogP contribution is 2.38. The number of rotatable bonds is 1. The number of ether oxygens (including phenoxy) is 2. The lowest BCUT2D eigenvalue weighted by Crippen LogP contribution is -2.52. The average Bonchev–Trinajstić information content (AvgIpc) is 1.95. The molecule has 1 saturated heterocycles. The second kappa shape index (κ2) is 3.25. The highest BCUT2D eigenvalue weighted by atomic mass is 16.7. The zero-order valence-electron chi connectivity index (χ0n) is 9.68. The van der Waals surface area contributed by atoms with Gasteiger partial charge in [0.15, 0.2) is 5.79 Å². The first-order valence-electron chi connectivity index (χ1n) is 5.06. The predicted octanol–water partition coefficient (Wildman–Crippen LogP) is 2.82. The maximum atomic E-state index is 5.93. The second-order valence-corrected chi connectivity index (χ2v) is 5.46. The van der Waals surface area contributed by atoms with Gasteiger partial charge in [-0.3, -0.25) is 0 Å². The molecule has 1 rings (SSSR count). The van der Waals surface area contributed by atoms with Crippen LogP contribution in [0, 0.1) is 11.3 Å². The third kappa shape index (κ3) is 2.44. The van der Waals surface area contributed by atoms with Crippen molar-refractivity contribution in [2.45, 2.75) is 53.4 Å². The molecule has 2 nitrogen and oxygen atoms in total. The van der Waals surface area contributed by atoms with Crippen molar-refractivity contribution >= 4 is 0 Å². The summed E-state index contributed by atoms with van der Waals surface area (Å²) in [6, 6.07) is 0. The van der Waals surface area contributed by atoms with Crippen molar-refractivity contribution in [2.24, 2.45) is 11.3 Å². The summed E-state index contributed by atoms with van der Waals surface area (Å²) < 4.78 is 11.6. The molecule has 0 amide bonds. The van der Waals surface area contributed by atoms with Crippen LogP contribution in [0.15, 0.2) is 0 Å². The molecule has 0 aromatic heterocycles. The molecular weight excluding hydrogens is 164 g/mol. The lowest BCUT2D eigenvalue weighted by molar-refractivity contribution is -0.320. The molecule has 0 aromatic carbocycles. The standard InChI is InChI=1S/C11H22O2/c1-8(2)9-10(3,4)7-12-11(5,6)13-9/h8-9H,7H2,1-6H3. The normalized spacial score (nSPS) is 32.1. The van der Waals surface area contributed by atoms with Crippen molar-refractivity contribution in [1.29, 1.82) is 0 Å². The van der Waals surface area contributed by atoms with E-state index in [2.05, 4.69) is 27.7 Å². The summed E-state index contributed by atoms with van der Waals surface area (Å²) in [7, 11) is 0. The first kappa shape index (κ1) is 11.0. The van der Waals surface area contributed by atoms with Crippen molar-refractivity contribution < 1.29 is 9.47 Å². The van der Waals surface area contributed by atoms with E-state index >= 15 is 0 Å². The topological polar surface area (TPSA) is 18.5 Å². The van der Waals surface area contributed by atoms with Gasteiger partial charge in [0.25, 0.3) is 0 Å². The molecule has 13 heavy (non-hydrogen) atoms. The van der Waals surface area contributed by atoms with Crippen LogP contribution >= 0.6 is 0 Å². The highest BCUT2D eigenvalue weighted by molar-refractivity contribution is 4.86. The molecule has 0 bridgehead atoms. The van der Waals surface area contributed by atoms with Crippen LogP contribution < -0.4 is 0 Å². The van der Waals surface area contributed by atoms with Crippen LogP contribution in [0.3, 0.4) is 0 Å². The van der Waals surface area contributed by atoms with Crippen LogP contribution in [0.4, 0.5) is 0 Å². The fourth-order valence-corrected chi connectivity index (χ4v) is 1.98. The van der Waals surface area contributed by atoms with Crippen molar-refractivity contribution in [3.05, 3.63) is 0 Å². The molecule has 0 saturated carbocycles. The maximum absolute atomic E-state index is 5.93. The summed E-state index contributed by atoms with van der Waals surface area (Å²) in [4.78, 5) is 0. The Kier molecular flexibility index (Phi) is 2.75. The molecule has 1 aliphatic rings. The van der Waals surface area contributed by atoms with Gasteiger partial charge in [-0.15, -0.1) is 0 Å². The van der Waals surface area contributed by atoms with E-state index in [1.807, 2.05) is 13.8 Å². The highest BCUT2D eigenvalue weighted by Gasteiger charge is 2.42. The Morgan fingerprint density at radius 1 is 1.15 bits per heavy atom. The van der Waals surface area contributed by atoms with Gasteiger partial charge in [-0.05, 0) is 19.8 Å². The fourth-order valence-electron chi connectivity index (χ4n) is 1.98. The van der Waals surface area contributed by atoms with Gasteiger partial charge in [0, 0.05) is 5.41 Å². The molecule has 0 spiro atoms. The van der Waals surface area contributed by atoms with Gasteiger partial charge in [-0.25, -0.2) is 0 Å². The summed E-state index contributed by atoms with van der Waals surface area (Å²) in [5.74, 6) is 0.128. The first-order chi connectivity index (χ1) is 5.75. The maximum Gasteiger partial charge on any atom is 0.163 e. The zero-order chi connectivity index (χ0) is 10.3. The van der Waals surface area contributed by atoms with E-state index in [0.717, 1.165) is 6.61 Å². The summed E-state index contributed by atoms with van der Waals surface area (Å²) in [6.45, 7) is 13.6. The lowest BCUT2D eigenvalue weighted by Gasteiger charge is -2.47. The predicted molar refractivity (Wildman–Crippen MR) is 53.5 cm³/mol. The lowest BCUT2D eigenvalue weighted by atomic mass is 9.80. The minimum absolute atomic E-state index is 0.129. The summed E-state index contributed by atoms with van der Waals surface area (Å²) in [5, 5.41) is 0. The van der Waals surface area contributed by atoms with Crippen molar-refractivity contribution in [3.63, 3.8) is 0 Å². The van der Waals surface area contributed by atoms with Crippen LogP contribution in [0.2, 0.25) is 0 Å². The molecule has 1 aliphatic heterocycles. The Hall–Kier alpha value is -0.0800. The molecule has 0 aromatic rings. The van der Waals surface area contributed by atoms with Crippen LogP contribution in [0.5, 0.6) is 0 Å². The SMILES string of the molecule is CC(C)C1OC(C)(C)OCC1(C)C. The second-order valence-electron chi connectivity index (χ2n) is 5.46. The average molecular weight is 186 g/mol. The Balaban J connectivity index is 2.76. The molecule has 0 radical (unpaired) electrons. The van der Waals surface area contributed by atoms with Gasteiger partial charge in [-0.1, -0.05) is 27.7 Å². The van der Waals surface area contributed by atoms with Crippen molar-refractivity contribution in [2.75, 3.05) is 6.61 Å². The third-order valence-electron chi connectivity index (χ3n) is 2.58. The molecule has 1 atom stereocenters. The molecule has 0 N–H and O–H groups in total. The molecule has 0 aliphatic carbocycles. The van der Waals surface area contributed by atoms with Crippen LogP contribution in [0.1, 0.15) is 41.5 Å². The van der Waals surface area contributed by atoms with Gasteiger partial charge < -0.3 is 9.47 Å². The van der Waals surface area contributed by atoms with Crippen molar-refractivity contribution in [1.82, 2.24) is 0 Å². The minimum atomic E-state index is -0.412. The van der Waals surface area contributed by atoms with Crippen molar-refractivity contribution in [3.8, 4) is 0 Å². The van der Waals surface area contributed by atoms with E-state index in [1.165, 1.54) is 0 Å².